The van der Waals surface area contributed by atoms with Crippen molar-refractivity contribution in [3.63, 3.8) is 0 Å². The molecule has 1 nitrogen and oxygen atoms in total. The van der Waals surface area contributed by atoms with Gasteiger partial charge in [0.1, 0.15) is 0 Å². The van der Waals surface area contributed by atoms with Gasteiger partial charge in [0.05, 0.1) is 11.0 Å². The summed E-state index contributed by atoms with van der Waals surface area (Å²) in [6.45, 7) is 0. The van der Waals surface area contributed by atoms with E-state index < -0.39 is 0 Å². The third-order valence-corrected chi connectivity index (χ3v) is 8.45. The van der Waals surface area contributed by atoms with Gasteiger partial charge in [0, 0.05) is 22.9 Å². The topological polar surface area (TPSA) is 4.93 Å². The maximum atomic E-state index is 2.57. The lowest BCUT2D eigenvalue weighted by atomic mass is 9.89. The lowest BCUT2D eigenvalue weighted by molar-refractivity contribution is 1.04. The van der Waals surface area contributed by atoms with E-state index in [-0.39, 0.29) is 0 Å². The highest BCUT2D eigenvalue weighted by Crippen LogP contribution is 2.51. The summed E-state index contributed by atoms with van der Waals surface area (Å²) in [5, 5.41) is 2.90. The molecule has 9 rings (SSSR count). The Hall–Kier alpha value is -4.10. The van der Waals surface area contributed by atoms with Gasteiger partial charge in [-0.1, -0.05) is 72.8 Å². The fourth-order valence-electron chi connectivity index (χ4n) is 7.13. The summed E-state index contributed by atoms with van der Waals surface area (Å²) in [5.74, 6) is 0. The molecular weight excluding hydrogens is 410 g/mol. The molecule has 0 saturated heterocycles. The quantitative estimate of drug-likeness (QED) is 0.231. The van der Waals surface area contributed by atoms with E-state index in [0.29, 0.717) is 0 Å². The highest BCUT2D eigenvalue weighted by Gasteiger charge is 2.32. The van der Waals surface area contributed by atoms with Gasteiger partial charge in [0.15, 0.2) is 0 Å². The van der Waals surface area contributed by atoms with E-state index in [1.165, 1.54) is 83.1 Å². The molecule has 0 radical (unpaired) electrons. The van der Waals surface area contributed by atoms with Crippen LogP contribution in [-0.4, -0.2) is 4.57 Å². The van der Waals surface area contributed by atoms with Gasteiger partial charge in [-0.05, 0) is 86.7 Å². The molecular formula is C33H21N. The van der Waals surface area contributed by atoms with Crippen molar-refractivity contribution in [1.82, 2.24) is 4.57 Å². The lowest BCUT2D eigenvalue weighted by Gasteiger charge is -2.23. The van der Waals surface area contributed by atoms with Gasteiger partial charge in [-0.3, -0.25) is 0 Å². The minimum absolute atomic E-state index is 1.00. The van der Waals surface area contributed by atoms with Gasteiger partial charge in [-0.2, -0.15) is 0 Å². The SMILES string of the molecule is c1ccc2c(c1)Cc1c-2ccc2c1c1cc3c(c4c1n2-c1ccccc1C4)-c1ccccc1C3. The molecule has 0 atom stereocenters. The number of para-hydroxylation sites is 1. The second kappa shape index (κ2) is 5.87. The minimum atomic E-state index is 1.00. The zero-order valence-electron chi connectivity index (χ0n) is 18.7. The van der Waals surface area contributed by atoms with Crippen molar-refractivity contribution >= 4 is 21.8 Å². The van der Waals surface area contributed by atoms with Crippen LogP contribution < -0.4 is 0 Å². The van der Waals surface area contributed by atoms with E-state index in [1.54, 1.807) is 0 Å². The fraction of sp³-hybridized carbons (Fsp3) is 0.0909. The molecule has 5 aromatic carbocycles. The smallest absolute Gasteiger partial charge is 0.0583 e. The maximum Gasteiger partial charge on any atom is 0.0583 e. The number of rotatable bonds is 0. The minimum Gasteiger partial charge on any atom is -0.309 e. The van der Waals surface area contributed by atoms with Gasteiger partial charge in [0.25, 0.3) is 0 Å². The molecule has 2 heterocycles. The van der Waals surface area contributed by atoms with E-state index in [0.717, 1.165) is 19.3 Å². The summed E-state index contributed by atoms with van der Waals surface area (Å²) >= 11 is 0. The first-order valence-corrected chi connectivity index (χ1v) is 12.3. The van der Waals surface area contributed by atoms with Crippen molar-refractivity contribution in [2.45, 2.75) is 19.3 Å². The number of nitrogens with zero attached hydrogens (tertiary/aromatic N) is 1. The van der Waals surface area contributed by atoms with E-state index in [4.69, 9.17) is 0 Å². The monoisotopic (exact) mass is 431 g/mol. The van der Waals surface area contributed by atoms with Crippen molar-refractivity contribution in [3.05, 3.63) is 124 Å². The van der Waals surface area contributed by atoms with E-state index in [2.05, 4.69) is 95.6 Å². The first-order valence-electron chi connectivity index (χ1n) is 12.3. The predicted molar refractivity (Wildman–Crippen MR) is 140 cm³/mol. The molecule has 0 fully saturated rings. The molecule has 158 valence electrons. The number of fused-ring (bicyclic) bond motifs is 13. The van der Waals surface area contributed by atoms with Gasteiger partial charge in [-0.15, -0.1) is 0 Å². The Balaban J connectivity index is 1.49. The van der Waals surface area contributed by atoms with Crippen LogP contribution in [0.1, 0.15) is 33.4 Å². The second-order valence-electron chi connectivity index (χ2n) is 10.1. The predicted octanol–water partition coefficient (Wildman–Crippen LogP) is 7.83. The lowest BCUT2D eigenvalue weighted by Crippen LogP contribution is -2.09. The zero-order chi connectivity index (χ0) is 22.0. The van der Waals surface area contributed by atoms with Crippen molar-refractivity contribution in [1.29, 1.82) is 0 Å². The average Bonchev–Trinajstić information content (AvgIpc) is 3.54. The van der Waals surface area contributed by atoms with Crippen molar-refractivity contribution in [3.8, 4) is 27.9 Å². The third kappa shape index (κ3) is 1.94. The molecule has 1 aliphatic heterocycles. The van der Waals surface area contributed by atoms with Crippen LogP contribution in [0.5, 0.6) is 0 Å². The molecule has 0 amide bonds. The molecule has 2 aliphatic carbocycles. The molecule has 1 heteroatoms. The molecule has 0 bridgehead atoms. The summed E-state index contributed by atoms with van der Waals surface area (Å²) < 4.78 is 2.57. The number of aromatic nitrogens is 1. The molecule has 34 heavy (non-hydrogen) atoms. The average molecular weight is 432 g/mol. The maximum absolute atomic E-state index is 2.57. The Morgan fingerprint density at radius 3 is 2.12 bits per heavy atom. The van der Waals surface area contributed by atoms with Crippen molar-refractivity contribution in [2.75, 3.05) is 0 Å². The van der Waals surface area contributed by atoms with Gasteiger partial charge in [0.2, 0.25) is 0 Å². The van der Waals surface area contributed by atoms with E-state index >= 15 is 0 Å². The third-order valence-electron chi connectivity index (χ3n) is 8.45. The summed E-state index contributed by atoms with van der Waals surface area (Å²) in [7, 11) is 0. The van der Waals surface area contributed by atoms with Crippen LogP contribution >= 0.6 is 0 Å². The molecule has 0 spiro atoms. The van der Waals surface area contributed by atoms with Gasteiger partial charge >= 0.3 is 0 Å². The largest absolute Gasteiger partial charge is 0.309 e. The number of benzene rings is 5. The zero-order valence-corrected chi connectivity index (χ0v) is 18.7. The van der Waals surface area contributed by atoms with E-state index in [9.17, 15) is 0 Å². The summed E-state index contributed by atoms with van der Waals surface area (Å²) in [6, 6.07) is 34.2. The highest BCUT2D eigenvalue weighted by molar-refractivity contribution is 6.16. The van der Waals surface area contributed by atoms with Crippen LogP contribution in [0.4, 0.5) is 0 Å². The van der Waals surface area contributed by atoms with Gasteiger partial charge in [-0.25, -0.2) is 0 Å². The van der Waals surface area contributed by atoms with Crippen molar-refractivity contribution in [2.24, 2.45) is 0 Å². The first-order chi connectivity index (χ1) is 16.9. The summed E-state index contributed by atoms with van der Waals surface area (Å²) in [4.78, 5) is 0. The standard InChI is InChI=1S/C33H21N/c1-4-10-23-20(8-1)16-26-25(23)13-14-30-32(26)28-18-22-15-19-7-2-5-11-24(19)31(22)27-17-21-9-3-6-12-29(21)34(30)33(27)28/h1-14,18H,15-17H2. The molecule has 6 aromatic rings. The van der Waals surface area contributed by atoms with Crippen LogP contribution in [0.15, 0.2) is 91.0 Å². The Morgan fingerprint density at radius 2 is 1.24 bits per heavy atom. The Labute approximate surface area is 197 Å². The Morgan fingerprint density at radius 1 is 0.529 bits per heavy atom. The van der Waals surface area contributed by atoms with Crippen molar-refractivity contribution < 1.29 is 0 Å². The van der Waals surface area contributed by atoms with Crippen LogP contribution in [0.3, 0.4) is 0 Å². The number of hydrogen-bond acceptors (Lipinski definition) is 0. The van der Waals surface area contributed by atoms with Crippen LogP contribution in [0, 0.1) is 0 Å². The highest BCUT2D eigenvalue weighted by atomic mass is 15.0. The molecule has 0 unspecified atom stereocenters. The second-order valence-corrected chi connectivity index (χ2v) is 10.1. The van der Waals surface area contributed by atoms with Crippen LogP contribution in [-0.2, 0) is 19.3 Å². The molecule has 3 aliphatic rings. The van der Waals surface area contributed by atoms with Gasteiger partial charge < -0.3 is 4.57 Å². The molecule has 0 saturated carbocycles. The molecule has 0 N–H and O–H groups in total. The Kier molecular flexibility index (Phi) is 3.00. The summed E-state index contributed by atoms with van der Waals surface area (Å²) in [5.41, 5.74) is 18.7. The normalized spacial score (nSPS) is 14.1. The first kappa shape index (κ1) is 17.4. The molecule has 1 aromatic heterocycles. The fourth-order valence-corrected chi connectivity index (χ4v) is 7.13. The number of hydrogen-bond donors (Lipinski definition) is 0. The van der Waals surface area contributed by atoms with Crippen LogP contribution in [0.2, 0.25) is 0 Å². The van der Waals surface area contributed by atoms with Crippen LogP contribution in [0.25, 0.3) is 49.7 Å². The Bertz CT molecular complexity index is 1880. The van der Waals surface area contributed by atoms with E-state index in [1.807, 2.05) is 0 Å². The summed E-state index contributed by atoms with van der Waals surface area (Å²) in [6.07, 6.45) is 3.07.